The fourth-order valence-corrected chi connectivity index (χ4v) is 2.43. The van der Waals surface area contributed by atoms with Gasteiger partial charge in [-0.05, 0) is 13.5 Å². The number of rotatable bonds is 8. The lowest BCUT2D eigenvalue weighted by Gasteiger charge is -2.30. The van der Waals surface area contributed by atoms with Crippen LogP contribution >= 0.6 is 0 Å². The fraction of sp³-hybridized carbons (Fsp3) is 0.786. The van der Waals surface area contributed by atoms with E-state index >= 15 is 0 Å². The standard InChI is InChI=1S/C14H27N3O3/c1-6-12-11(13(20-5)17(4)15-12)7-16(3)8-14(2,9-18)10-19/h18-19H,6-10H2,1-5H3. The van der Waals surface area contributed by atoms with Gasteiger partial charge in [-0.25, -0.2) is 4.68 Å². The van der Waals surface area contributed by atoms with Crippen molar-refractivity contribution in [3.63, 3.8) is 0 Å². The third-order valence-electron chi connectivity index (χ3n) is 3.54. The number of ether oxygens (including phenoxy) is 1. The molecule has 0 radical (unpaired) electrons. The molecule has 0 spiro atoms. The molecule has 1 aromatic heterocycles. The van der Waals surface area contributed by atoms with Crippen LogP contribution in [-0.2, 0) is 20.0 Å². The van der Waals surface area contributed by atoms with Gasteiger partial charge in [0.05, 0.1) is 31.6 Å². The highest BCUT2D eigenvalue weighted by Crippen LogP contribution is 2.25. The Morgan fingerprint density at radius 3 is 2.40 bits per heavy atom. The number of aliphatic hydroxyl groups is 2. The van der Waals surface area contributed by atoms with Crippen LogP contribution in [0.2, 0.25) is 0 Å². The zero-order valence-corrected chi connectivity index (χ0v) is 13.2. The number of methoxy groups -OCH3 is 1. The van der Waals surface area contributed by atoms with E-state index in [1.54, 1.807) is 11.8 Å². The molecule has 0 amide bonds. The quantitative estimate of drug-likeness (QED) is 0.724. The summed E-state index contributed by atoms with van der Waals surface area (Å²) in [6, 6.07) is 0. The van der Waals surface area contributed by atoms with E-state index in [2.05, 4.69) is 16.9 Å². The molecule has 1 aromatic rings. The van der Waals surface area contributed by atoms with Crippen LogP contribution in [0.5, 0.6) is 5.88 Å². The Labute approximate surface area is 121 Å². The molecule has 20 heavy (non-hydrogen) atoms. The minimum absolute atomic E-state index is 0.0430. The Morgan fingerprint density at radius 2 is 1.95 bits per heavy atom. The summed E-state index contributed by atoms with van der Waals surface area (Å²) in [6.45, 7) is 5.12. The van der Waals surface area contributed by atoms with Gasteiger partial charge in [0.1, 0.15) is 0 Å². The Morgan fingerprint density at radius 1 is 1.35 bits per heavy atom. The van der Waals surface area contributed by atoms with Gasteiger partial charge >= 0.3 is 0 Å². The maximum atomic E-state index is 9.38. The second-order valence-corrected chi connectivity index (χ2v) is 5.71. The van der Waals surface area contributed by atoms with Crippen molar-refractivity contribution in [1.29, 1.82) is 0 Å². The number of hydrogen-bond acceptors (Lipinski definition) is 5. The van der Waals surface area contributed by atoms with Gasteiger partial charge in [-0.2, -0.15) is 5.10 Å². The van der Waals surface area contributed by atoms with Gasteiger partial charge in [0.15, 0.2) is 0 Å². The molecule has 0 fully saturated rings. The number of aryl methyl sites for hydroxylation is 2. The van der Waals surface area contributed by atoms with E-state index in [0.717, 1.165) is 23.6 Å². The van der Waals surface area contributed by atoms with Crippen molar-refractivity contribution in [2.45, 2.75) is 26.8 Å². The lowest BCUT2D eigenvalue weighted by Crippen LogP contribution is -2.38. The lowest BCUT2D eigenvalue weighted by atomic mass is 9.92. The largest absolute Gasteiger partial charge is 0.481 e. The minimum atomic E-state index is -0.503. The smallest absolute Gasteiger partial charge is 0.216 e. The summed E-state index contributed by atoms with van der Waals surface area (Å²) in [5, 5.41) is 23.2. The number of nitrogens with zero attached hydrogens (tertiary/aromatic N) is 3. The van der Waals surface area contributed by atoms with E-state index < -0.39 is 5.41 Å². The Hall–Kier alpha value is -1.11. The molecule has 0 aliphatic carbocycles. The van der Waals surface area contributed by atoms with Gasteiger partial charge in [-0.15, -0.1) is 0 Å². The Kier molecular flexibility index (Phi) is 5.98. The molecule has 116 valence electrons. The monoisotopic (exact) mass is 285 g/mol. The molecule has 0 aliphatic heterocycles. The number of aromatic nitrogens is 2. The van der Waals surface area contributed by atoms with E-state index in [9.17, 15) is 10.2 Å². The highest BCUT2D eigenvalue weighted by atomic mass is 16.5. The van der Waals surface area contributed by atoms with Crippen LogP contribution in [0.4, 0.5) is 0 Å². The summed E-state index contributed by atoms with van der Waals surface area (Å²) < 4.78 is 7.17. The molecule has 0 aromatic carbocycles. The van der Waals surface area contributed by atoms with E-state index in [1.807, 2.05) is 21.0 Å². The van der Waals surface area contributed by atoms with Crippen molar-refractivity contribution in [2.75, 3.05) is 33.9 Å². The summed E-state index contributed by atoms with van der Waals surface area (Å²) in [7, 11) is 5.48. The van der Waals surface area contributed by atoms with E-state index in [0.29, 0.717) is 13.1 Å². The molecule has 1 rings (SSSR count). The maximum absolute atomic E-state index is 9.38. The molecule has 0 unspecified atom stereocenters. The second-order valence-electron chi connectivity index (χ2n) is 5.71. The summed E-state index contributed by atoms with van der Waals surface area (Å²) in [5.41, 5.74) is 1.58. The molecule has 6 heteroatoms. The van der Waals surface area contributed by atoms with Crippen molar-refractivity contribution in [3.8, 4) is 5.88 Å². The van der Waals surface area contributed by atoms with Crippen LogP contribution in [-0.4, -0.2) is 58.8 Å². The zero-order valence-electron chi connectivity index (χ0n) is 13.2. The number of hydrogen-bond donors (Lipinski definition) is 2. The summed E-state index contributed by atoms with van der Waals surface area (Å²) >= 11 is 0. The van der Waals surface area contributed by atoms with E-state index in [4.69, 9.17) is 4.74 Å². The van der Waals surface area contributed by atoms with Crippen LogP contribution in [0.1, 0.15) is 25.1 Å². The first-order valence-electron chi connectivity index (χ1n) is 6.89. The van der Waals surface area contributed by atoms with Crippen LogP contribution in [0.3, 0.4) is 0 Å². The molecule has 2 N–H and O–H groups in total. The predicted molar refractivity (Wildman–Crippen MR) is 77.8 cm³/mol. The second kappa shape index (κ2) is 7.06. The van der Waals surface area contributed by atoms with Gasteiger partial charge in [-0.1, -0.05) is 13.8 Å². The van der Waals surface area contributed by atoms with Crippen molar-refractivity contribution in [2.24, 2.45) is 12.5 Å². The molecule has 0 bridgehead atoms. The normalized spacial score (nSPS) is 12.2. The first-order chi connectivity index (χ1) is 9.40. The third kappa shape index (κ3) is 3.71. The average molecular weight is 285 g/mol. The molecular weight excluding hydrogens is 258 g/mol. The summed E-state index contributed by atoms with van der Waals surface area (Å²) in [5.74, 6) is 0.767. The van der Waals surface area contributed by atoms with Gasteiger partial charge in [0.2, 0.25) is 5.88 Å². The van der Waals surface area contributed by atoms with Crippen molar-refractivity contribution >= 4 is 0 Å². The van der Waals surface area contributed by atoms with Crippen molar-refractivity contribution < 1.29 is 14.9 Å². The average Bonchev–Trinajstić information content (AvgIpc) is 2.73. The zero-order chi connectivity index (χ0) is 15.3. The van der Waals surface area contributed by atoms with Crippen LogP contribution in [0.15, 0.2) is 0 Å². The molecule has 0 atom stereocenters. The lowest BCUT2D eigenvalue weighted by molar-refractivity contribution is 0.0400. The Bertz CT molecular complexity index is 428. The van der Waals surface area contributed by atoms with Crippen molar-refractivity contribution in [3.05, 3.63) is 11.3 Å². The predicted octanol–water partition coefficient (Wildman–Crippen LogP) is 0.414. The van der Waals surface area contributed by atoms with E-state index in [-0.39, 0.29) is 13.2 Å². The maximum Gasteiger partial charge on any atom is 0.216 e. The van der Waals surface area contributed by atoms with Gasteiger partial charge in [0, 0.05) is 25.6 Å². The third-order valence-corrected chi connectivity index (χ3v) is 3.54. The molecule has 0 aliphatic rings. The Balaban J connectivity index is 2.87. The molecule has 1 heterocycles. The van der Waals surface area contributed by atoms with Crippen LogP contribution < -0.4 is 4.74 Å². The number of aliphatic hydroxyl groups excluding tert-OH is 2. The van der Waals surface area contributed by atoms with Gasteiger partial charge < -0.3 is 19.8 Å². The topological polar surface area (TPSA) is 70.8 Å². The van der Waals surface area contributed by atoms with Gasteiger partial charge in [-0.3, -0.25) is 0 Å². The van der Waals surface area contributed by atoms with Gasteiger partial charge in [0.25, 0.3) is 0 Å². The molecular formula is C14H27N3O3. The summed E-state index contributed by atoms with van der Waals surface area (Å²) in [6.07, 6.45) is 0.845. The summed E-state index contributed by atoms with van der Waals surface area (Å²) in [4.78, 5) is 2.07. The first-order valence-corrected chi connectivity index (χ1v) is 6.89. The molecule has 6 nitrogen and oxygen atoms in total. The van der Waals surface area contributed by atoms with Crippen LogP contribution in [0.25, 0.3) is 0 Å². The molecule has 0 saturated heterocycles. The first kappa shape index (κ1) is 16.9. The van der Waals surface area contributed by atoms with Crippen molar-refractivity contribution in [1.82, 2.24) is 14.7 Å². The minimum Gasteiger partial charge on any atom is -0.481 e. The highest BCUT2D eigenvalue weighted by Gasteiger charge is 2.26. The van der Waals surface area contributed by atoms with Crippen LogP contribution in [0, 0.1) is 5.41 Å². The molecule has 0 saturated carbocycles. The SMILES string of the molecule is CCc1nn(C)c(OC)c1CN(C)CC(C)(CO)CO. The fourth-order valence-electron chi connectivity index (χ4n) is 2.43. The highest BCUT2D eigenvalue weighted by molar-refractivity contribution is 5.31. The van der Waals surface area contributed by atoms with E-state index in [1.165, 1.54) is 0 Å².